The van der Waals surface area contributed by atoms with E-state index in [0.29, 0.717) is 41.7 Å². The number of hydrogen-bond donors (Lipinski definition) is 2. The zero-order valence-electron chi connectivity index (χ0n) is 20.7. The van der Waals surface area contributed by atoms with Gasteiger partial charge in [0.1, 0.15) is 17.1 Å². The number of fused-ring (bicyclic) bond motifs is 1. The Morgan fingerprint density at radius 3 is 2.14 bits per heavy atom. The van der Waals surface area contributed by atoms with Crippen LogP contribution < -0.4 is 20.1 Å². The Balaban J connectivity index is 1.57. The predicted molar refractivity (Wildman–Crippen MR) is 141 cm³/mol. The molecule has 36 heavy (non-hydrogen) atoms. The fraction of sp³-hybridized carbons (Fsp3) is 0.241. The number of anilines is 2. The fourth-order valence-electron chi connectivity index (χ4n) is 3.94. The van der Waals surface area contributed by atoms with E-state index in [1.807, 2.05) is 38.1 Å². The molecule has 186 valence electrons. The summed E-state index contributed by atoms with van der Waals surface area (Å²) in [5.74, 6) is 0.374. The molecule has 0 spiro atoms. The summed E-state index contributed by atoms with van der Waals surface area (Å²) in [6.45, 7) is 6.56. The highest BCUT2D eigenvalue weighted by atomic mass is 16.5. The second-order valence-electron chi connectivity index (χ2n) is 8.20. The summed E-state index contributed by atoms with van der Waals surface area (Å²) in [5.41, 5.74) is 4.19. The number of nitrogens with one attached hydrogen (secondary N) is 2. The molecular formula is C29H30N2O5. The van der Waals surface area contributed by atoms with E-state index in [1.54, 1.807) is 42.7 Å². The lowest BCUT2D eigenvalue weighted by Crippen LogP contribution is -2.17. The zero-order valence-corrected chi connectivity index (χ0v) is 20.7. The molecule has 0 saturated heterocycles. The highest BCUT2D eigenvalue weighted by molar-refractivity contribution is 6.05. The third-order valence-electron chi connectivity index (χ3n) is 5.72. The first-order valence-corrected chi connectivity index (χ1v) is 12.1. The van der Waals surface area contributed by atoms with Gasteiger partial charge < -0.3 is 24.5 Å². The van der Waals surface area contributed by atoms with E-state index in [-0.39, 0.29) is 18.2 Å². The molecular weight excluding hydrogens is 456 g/mol. The number of rotatable bonds is 10. The van der Waals surface area contributed by atoms with Gasteiger partial charge in [-0.1, -0.05) is 37.3 Å². The average Bonchev–Trinajstić information content (AvgIpc) is 3.28. The second kappa shape index (κ2) is 11.4. The number of hydrogen-bond acceptors (Lipinski definition) is 5. The molecule has 1 aromatic heterocycles. The van der Waals surface area contributed by atoms with Crippen LogP contribution in [-0.4, -0.2) is 25.0 Å². The van der Waals surface area contributed by atoms with Gasteiger partial charge in [0.05, 0.1) is 37.3 Å². The van der Waals surface area contributed by atoms with Crippen molar-refractivity contribution < 1.29 is 23.5 Å². The highest BCUT2D eigenvalue weighted by Crippen LogP contribution is 2.37. The topological polar surface area (TPSA) is 89.8 Å². The van der Waals surface area contributed by atoms with Crippen molar-refractivity contribution >= 4 is 34.2 Å². The number of carbonyl (C=O) groups excluding carboxylic acids is 2. The first-order chi connectivity index (χ1) is 17.5. The van der Waals surface area contributed by atoms with Crippen LogP contribution in [0.1, 0.15) is 42.3 Å². The Morgan fingerprint density at radius 2 is 1.50 bits per heavy atom. The summed E-state index contributed by atoms with van der Waals surface area (Å²) in [5, 5.41) is 6.74. The monoisotopic (exact) mass is 486 g/mol. The highest BCUT2D eigenvalue weighted by Gasteiger charge is 2.18. The van der Waals surface area contributed by atoms with Gasteiger partial charge in [-0.3, -0.25) is 9.59 Å². The third-order valence-corrected chi connectivity index (χ3v) is 5.72. The summed E-state index contributed by atoms with van der Waals surface area (Å²) in [6, 6.07) is 18.3. The molecule has 0 saturated carbocycles. The molecule has 0 bridgehead atoms. The van der Waals surface area contributed by atoms with Gasteiger partial charge in [0.2, 0.25) is 5.91 Å². The Kier molecular flexibility index (Phi) is 7.90. The van der Waals surface area contributed by atoms with Crippen molar-refractivity contribution in [3.05, 3.63) is 83.6 Å². The van der Waals surface area contributed by atoms with Crippen molar-refractivity contribution in [3.8, 4) is 11.5 Å². The number of ether oxygens (including phenoxy) is 2. The Morgan fingerprint density at radius 1 is 0.833 bits per heavy atom. The molecule has 7 nitrogen and oxygen atoms in total. The number of amides is 2. The lowest BCUT2D eigenvalue weighted by Gasteiger charge is -2.18. The maximum atomic E-state index is 13.0. The number of carbonyl (C=O) groups is 2. The molecule has 1 heterocycles. The van der Waals surface area contributed by atoms with E-state index >= 15 is 0 Å². The van der Waals surface area contributed by atoms with Crippen LogP contribution in [0.5, 0.6) is 11.5 Å². The van der Waals surface area contributed by atoms with E-state index in [0.717, 1.165) is 23.0 Å². The van der Waals surface area contributed by atoms with Gasteiger partial charge in [0.15, 0.2) is 0 Å². The van der Waals surface area contributed by atoms with E-state index in [2.05, 4.69) is 17.6 Å². The molecule has 0 aliphatic rings. The minimum atomic E-state index is -0.270. The van der Waals surface area contributed by atoms with Crippen LogP contribution in [0.4, 0.5) is 11.4 Å². The van der Waals surface area contributed by atoms with E-state index in [4.69, 9.17) is 13.9 Å². The third kappa shape index (κ3) is 5.68. The van der Waals surface area contributed by atoms with Gasteiger partial charge in [0, 0.05) is 28.6 Å². The minimum Gasteiger partial charge on any atom is -0.492 e. The SMILES string of the molecule is CCOc1cc(NC(=O)c2ccccc2)c(OCC)cc1NC(=O)Cc1coc2cc(CC)ccc12. The summed E-state index contributed by atoms with van der Waals surface area (Å²) >= 11 is 0. The van der Waals surface area contributed by atoms with Gasteiger partial charge in [-0.25, -0.2) is 0 Å². The van der Waals surface area contributed by atoms with Crippen molar-refractivity contribution in [2.75, 3.05) is 23.8 Å². The number of benzene rings is 3. The zero-order chi connectivity index (χ0) is 25.5. The molecule has 4 aromatic rings. The van der Waals surface area contributed by atoms with Crippen LogP contribution >= 0.6 is 0 Å². The van der Waals surface area contributed by atoms with Crippen molar-refractivity contribution in [1.29, 1.82) is 0 Å². The van der Waals surface area contributed by atoms with E-state index < -0.39 is 0 Å². The van der Waals surface area contributed by atoms with Crippen LogP contribution in [-0.2, 0) is 17.6 Å². The summed E-state index contributed by atoms with van der Waals surface area (Å²) < 4.78 is 17.2. The van der Waals surface area contributed by atoms with Crippen molar-refractivity contribution in [2.24, 2.45) is 0 Å². The maximum Gasteiger partial charge on any atom is 0.255 e. The van der Waals surface area contributed by atoms with Crippen LogP contribution in [0.25, 0.3) is 11.0 Å². The quantitative estimate of drug-likeness (QED) is 0.277. The molecule has 2 amide bonds. The predicted octanol–water partition coefficient (Wildman–Crippen LogP) is 6.23. The molecule has 0 aliphatic heterocycles. The number of aryl methyl sites for hydroxylation is 1. The molecule has 0 radical (unpaired) electrons. The van der Waals surface area contributed by atoms with Gasteiger partial charge in [0.25, 0.3) is 5.91 Å². The Bertz CT molecular complexity index is 1360. The molecule has 7 heteroatoms. The Hall–Kier alpha value is -4.26. The molecule has 0 unspecified atom stereocenters. The standard InChI is InChI=1S/C29H30N2O5/c1-4-19-12-13-22-21(18-36-25(22)14-19)15-28(32)30-23-16-27(35-6-3)24(17-26(23)34-5-2)31-29(33)20-10-8-7-9-11-20/h7-14,16-18H,4-6,15H2,1-3H3,(H,30,32)(H,31,33). The van der Waals surface area contributed by atoms with Crippen molar-refractivity contribution in [1.82, 2.24) is 0 Å². The molecule has 2 N–H and O–H groups in total. The first kappa shape index (κ1) is 24.9. The summed E-state index contributed by atoms with van der Waals surface area (Å²) in [6.07, 6.45) is 2.68. The molecule has 3 aromatic carbocycles. The average molecular weight is 487 g/mol. The summed E-state index contributed by atoms with van der Waals surface area (Å²) in [7, 11) is 0. The molecule has 0 aliphatic carbocycles. The second-order valence-corrected chi connectivity index (χ2v) is 8.20. The Labute approximate surface area is 210 Å². The van der Waals surface area contributed by atoms with Crippen LogP contribution in [0.3, 0.4) is 0 Å². The maximum absolute atomic E-state index is 13.0. The van der Waals surface area contributed by atoms with Crippen LogP contribution in [0.15, 0.2) is 71.3 Å². The van der Waals surface area contributed by atoms with E-state index in [1.165, 1.54) is 5.56 Å². The lowest BCUT2D eigenvalue weighted by molar-refractivity contribution is -0.115. The van der Waals surface area contributed by atoms with Gasteiger partial charge in [-0.2, -0.15) is 0 Å². The van der Waals surface area contributed by atoms with Crippen molar-refractivity contribution in [2.45, 2.75) is 33.6 Å². The fourth-order valence-corrected chi connectivity index (χ4v) is 3.94. The van der Waals surface area contributed by atoms with Crippen molar-refractivity contribution in [3.63, 3.8) is 0 Å². The molecule has 0 atom stereocenters. The minimum absolute atomic E-state index is 0.139. The lowest BCUT2D eigenvalue weighted by atomic mass is 10.1. The molecule has 4 rings (SSSR count). The normalized spacial score (nSPS) is 10.8. The number of furan rings is 1. The van der Waals surface area contributed by atoms with Gasteiger partial charge in [-0.05, 0) is 44.0 Å². The first-order valence-electron chi connectivity index (χ1n) is 12.1. The van der Waals surface area contributed by atoms with E-state index in [9.17, 15) is 9.59 Å². The smallest absolute Gasteiger partial charge is 0.255 e. The summed E-state index contributed by atoms with van der Waals surface area (Å²) in [4.78, 5) is 25.7. The van der Waals surface area contributed by atoms with Crippen LogP contribution in [0.2, 0.25) is 0 Å². The van der Waals surface area contributed by atoms with Gasteiger partial charge in [-0.15, -0.1) is 0 Å². The van der Waals surface area contributed by atoms with Gasteiger partial charge >= 0.3 is 0 Å². The van der Waals surface area contributed by atoms with Crippen LogP contribution in [0, 0.1) is 0 Å². The largest absolute Gasteiger partial charge is 0.492 e. The molecule has 0 fully saturated rings.